The molecule has 0 saturated heterocycles. The van der Waals surface area contributed by atoms with Gasteiger partial charge in [0.05, 0.1) is 6.54 Å². The highest BCUT2D eigenvalue weighted by molar-refractivity contribution is 5.51. The minimum atomic E-state index is 0.324. The van der Waals surface area contributed by atoms with Crippen LogP contribution in [0.4, 0.5) is 0 Å². The van der Waals surface area contributed by atoms with Crippen molar-refractivity contribution in [2.24, 2.45) is 0 Å². The SMILES string of the molecule is CCC(c1ccccc1)N(C)Cc1nc(-c2cccnc2)no1. The fourth-order valence-corrected chi connectivity index (χ4v) is 2.73. The summed E-state index contributed by atoms with van der Waals surface area (Å²) in [6.45, 7) is 2.80. The highest BCUT2D eigenvalue weighted by Crippen LogP contribution is 2.24. The van der Waals surface area contributed by atoms with E-state index < -0.39 is 0 Å². The van der Waals surface area contributed by atoms with Gasteiger partial charge in [-0.2, -0.15) is 4.98 Å². The lowest BCUT2D eigenvalue weighted by molar-refractivity contribution is 0.200. The van der Waals surface area contributed by atoms with E-state index in [0.717, 1.165) is 12.0 Å². The molecular weight excluding hydrogens is 288 g/mol. The summed E-state index contributed by atoms with van der Waals surface area (Å²) in [5.41, 5.74) is 2.16. The second-order valence-electron chi connectivity index (χ2n) is 5.50. The molecule has 5 heteroatoms. The predicted molar refractivity (Wildman–Crippen MR) is 88.5 cm³/mol. The minimum Gasteiger partial charge on any atom is -0.338 e. The van der Waals surface area contributed by atoms with Crippen LogP contribution >= 0.6 is 0 Å². The topological polar surface area (TPSA) is 55.1 Å². The first kappa shape index (κ1) is 15.4. The Kier molecular flexibility index (Phi) is 4.78. The zero-order valence-electron chi connectivity index (χ0n) is 13.4. The Labute approximate surface area is 136 Å². The molecule has 1 unspecified atom stereocenters. The summed E-state index contributed by atoms with van der Waals surface area (Å²) >= 11 is 0. The van der Waals surface area contributed by atoms with Gasteiger partial charge in [-0.25, -0.2) is 0 Å². The molecule has 0 aliphatic carbocycles. The van der Waals surface area contributed by atoms with Gasteiger partial charge in [0.2, 0.25) is 11.7 Å². The molecule has 2 aromatic heterocycles. The standard InChI is InChI=1S/C18H20N4O/c1-3-16(14-8-5-4-6-9-14)22(2)13-17-20-18(21-23-17)15-10-7-11-19-12-15/h4-12,16H,3,13H2,1-2H3. The molecule has 3 aromatic rings. The van der Waals surface area contributed by atoms with Gasteiger partial charge < -0.3 is 4.52 Å². The third-order valence-electron chi connectivity index (χ3n) is 3.88. The van der Waals surface area contributed by atoms with E-state index in [1.807, 2.05) is 18.2 Å². The Morgan fingerprint density at radius 3 is 2.65 bits per heavy atom. The van der Waals surface area contributed by atoms with Gasteiger partial charge in [-0.05, 0) is 31.2 Å². The molecule has 5 nitrogen and oxygen atoms in total. The van der Waals surface area contributed by atoms with Crippen molar-refractivity contribution in [3.63, 3.8) is 0 Å². The first-order valence-corrected chi connectivity index (χ1v) is 7.76. The van der Waals surface area contributed by atoms with Gasteiger partial charge in [0.25, 0.3) is 0 Å². The number of hydrogen-bond acceptors (Lipinski definition) is 5. The van der Waals surface area contributed by atoms with Crippen molar-refractivity contribution in [3.8, 4) is 11.4 Å². The number of benzene rings is 1. The van der Waals surface area contributed by atoms with Crippen LogP contribution in [-0.4, -0.2) is 27.1 Å². The Morgan fingerprint density at radius 1 is 1.13 bits per heavy atom. The zero-order chi connectivity index (χ0) is 16.1. The van der Waals surface area contributed by atoms with Crippen LogP contribution in [0, 0.1) is 0 Å². The van der Waals surface area contributed by atoms with Crippen molar-refractivity contribution in [1.29, 1.82) is 0 Å². The summed E-state index contributed by atoms with van der Waals surface area (Å²) in [6.07, 6.45) is 4.48. The van der Waals surface area contributed by atoms with Crippen LogP contribution in [0.1, 0.15) is 30.8 Å². The lowest BCUT2D eigenvalue weighted by Crippen LogP contribution is -2.23. The molecule has 0 fully saturated rings. The molecule has 3 rings (SSSR count). The van der Waals surface area contributed by atoms with Crippen LogP contribution in [0.25, 0.3) is 11.4 Å². The normalized spacial score (nSPS) is 12.5. The maximum absolute atomic E-state index is 5.39. The Bertz CT molecular complexity index is 727. The van der Waals surface area contributed by atoms with E-state index in [0.29, 0.717) is 24.3 Å². The zero-order valence-corrected chi connectivity index (χ0v) is 13.4. The van der Waals surface area contributed by atoms with E-state index in [2.05, 4.69) is 58.3 Å². The Morgan fingerprint density at radius 2 is 1.96 bits per heavy atom. The maximum Gasteiger partial charge on any atom is 0.241 e. The van der Waals surface area contributed by atoms with Crippen molar-refractivity contribution in [3.05, 3.63) is 66.3 Å². The quantitative estimate of drug-likeness (QED) is 0.694. The van der Waals surface area contributed by atoms with Crippen molar-refractivity contribution < 1.29 is 4.52 Å². The highest BCUT2D eigenvalue weighted by atomic mass is 16.5. The third-order valence-corrected chi connectivity index (χ3v) is 3.88. The molecule has 1 atom stereocenters. The molecule has 0 saturated carbocycles. The summed E-state index contributed by atoms with van der Waals surface area (Å²) in [7, 11) is 2.08. The second-order valence-corrected chi connectivity index (χ2v) is 5.50. The van der Waals surface area contributed by atoms with E-state index >= 15 is 0 Å². The van der Waals surface area contributed by atoms with Gasteiger partial charge in [0, 0.05) is 24.0 Å². The van der Waals surface area contributed by atoms with Crippen LogP contribution in [0.3, 0.4) is 0 Å². The van der Waals surface area contributed by atoms with Gasteiger partial charge in [-0.15, -0.1) is 0 Å². The van der Waals surface area contributed by atoms with Crippen LogP contribution < -0.4 is 0 Å². The molecule has 0 aliphatic rings. The largest absolute Gasteiger partial charge is 0.338 e. The lowest BCUT2D eigenvalue weighted by Gasteiger charge is -2.26. The molecule has 0 bridgehead atoms. The number of hydrogen-bond donors (Lipinski definition) is 0. The van der Waals surface area contributed by atoms with Crippen LogP contribution in [0.15, 0.2) is 59.4 Å². The fourth-order valence-electron chi connectivity index (χ4n) is 2.73. The number of aromatic nitrogens is 3. The Balaban J connectivity index is 1.73. The molecule has 118 valence electrons. The van der Waals surface area contributed by atoms with Crippen LogP contribution in [-0.2, 0) is 6.54 Å². The van der Waals surface area contributed by atoms with Gasteiger partial charge >= 0.3 is 0 Å². The van der Waals surface area contributed by atoms with E-state index in [1.54, 1.807) is 12.4 Å². The van der Waals surface area contributed by atoms with Gasteiger partial charge in [-0.3, -0.25) is 9.88 Å². The molecule has 0 N–H and O–H groups in total. The third kappa shape index (κ3) is 3.63. The summed E-state index contributed by atoms with van der Waals surface area (Å²) < 4.78 is 5.39. The molecule has 1 aromatic carbocycles. The maximum atomic E-state index is 5.39. The summed E-state index contributed by atoms with van der Waals surface area (Å²) in [6, 6.07) is 14.6. The molecule has 0 amide bonds. The van der Waals surface area contributed by atoms with Crippen molar-refractivity contribution in [2.75, 3.05) is 7.05 Å². The predicted octanol–water partition coefficient (Wildman–Crippen LogP) is 3.71. The summed E-state index contributed by atoms with van der Waals surface area (Å²) in [4.78, 5) is 10.8. The molecule has 0 radical (unpaired) electrons. The second kappa shape index (κ2) is 7.15. The van der Waals surface area contributed by atoms with Gasteiger partial charge in [0.15, 0.2) is 0 Å². The summed E-state index contributed by atoms with van der Waals surface area (Å²) in [5, 5.41) is 4.04. The van der Waals surface area contributed by atoms with E-state index in [-0.39, 0.29) is 0 Å². The van der Waals surface area contributed by atoms with Crippen LogP contribution in [0.2, 0.25) is 0 Å². The van der Waals surface area contributed by atoms with E-state index in [4.69, 9.17) is 4.52 Å². The molecule has 0 spiro atoms. The number of rotatable bonds is 6. The molecule has 2 heterocycles. The van der Waals surface area contributed by atoms with Gasteiger partial charge in [0.1, 0.15) is 0 Å². The minimum absolute atomic E-state index is 0.324. The number of nitrogens with zero attached hydrogens (tertiary/aromatic N) is 4. The molecular formula is C18H20N4O. The fraction of sp³-hybridized carbons (Fsp3) is 0.278. The molecule has 0 aliphatic heterocycles. The molecule has 23 heavy (non-hydrogen) atoms. The smallest absolute Gasteiger partial charge is 0.241 e. The average molecular weight is 308 g/mol. The highest BCUT2D eigenvalue weighted by Gasteiger charge is 2.18. The Hall–Kier alpha value is -2.53. The van der Waals surface area contributed by atoms with E-state index in [9.17, 15) is 0 Å². The van der Waals surface area contributed by atoms with Crippen molar-refractivity contribution in [1.82, 2.24) is 20.0 Å². The monoisotopic (exact) mass is 308 g/mol. The van der Waals surface area contributed by atoms with Crippen LogP contribution in [0.5, 0.6) is 0 Å². The summed E-state index contributed by atoms with van der Waals surface area (Å²) in [5.74, 6) is 1.19. The number of pyridine rings is 1. The van der Waals surface area contributed by atoms with Crippen molar-refractivity contribution in [2.45, 2.75) is 25.9 Å². The van der Waals surface area contributed by atoms with Crippen molar-refractivity contribution >= 4 is 0 Å². The lowest BCUT2D eigenvalue weighted by atomic mass is 10.0. The first-order chi connectivity index (χ1) is 11.3. The first-order valence-electron chi connectivity index (χ1n) is 7.76. The average Bonchev–Trinajstić information content (AvgIpc) is 3.06. The van der Waals surface area contributed by atoms with E-state index in [1.165, 1.54) is 5.56 Å². The van der Waals surface area contributed by atoms with Gasteiger partial charge in [-0.1, -0.05) is 42.4 Å².